The SMILES string of the molecule is O=C(O)N1CCC[C@@H]1c1cn(-c2cccc(Cl)c2)nn1. The molecule has 2 heterocycles. The van der Waals surface area contributed by atoms with Gasteiger partial charge < -0.3 is 5.11 Å². The van der Waals surface area contributed by atoms with E-state index in [0.717, 1.165) is 18.5 Å². The van der Waals surface area contributed by atoms with E-state index in [1.807, 2.05) is 12.1 Å². The number of benzene rings is 1. The number of rotatable bonds is 2. The van der Waals surface area contributed by atoms with Crippen LogP contribution in [0.25, 0.3) is 5.69 Å². The van der Waals surface area contributed by atoms with Gasteiger partial charge in [0.25, 0.3) is 0 Å². The lowest BCUT2D eigenvalue weighted by Gasteiger charge is -2.18. The Hall–Kier alpha value is -2.08. The van der Waals surface area contributed by atoms with Crippen LogP contribution in [0.1, 0.15) is 24.6 Å². The summed E-state index contributed by atoms with van der Waals surface area (Å²) in [5.74, 6) is 0. The van der Waals surface area contributed by atoms with Crippen LogP contribution in [-0.4, -0.2) is 37.6 Å². The number of nitrogens with zero attached hydrogens (tertiary/aromatic N) is 4. The van der Waals surface area contributed by atoms with E-state index in [1.165, 1.54) is 4.90 Å². The van der Waals surface area contributed by atoms with E-state index in [0.29, 0.717) is 17.3 Å². The van der Waals surface area contributed by atoms with Crippen LogP contribution in [0.4, 0.5) is 4.79 Å². The number of aromatic nitrogens is 3. The Balaban J connectivity index is 1.89. The Bertz CT molecular complexity index is 643. The first kappa shape index (κ1) is 12.9. The molecule has 0 unspecified atom stereocenters. The second-order valence-corrected chi connectivity index (χ2v) is 5.14. The van der Waals surface area contributed by atoms with Gasteiger partial charge in [0.1, 0.15) is 5.69 Å². The van der Waals surface area contributed by atoms with E-state index in [1.54, 1.807) is 23.0 Å². The summed E-state index contributed by atoms with van der Waals surface area (Å²) >= 11 is 5.95. The monoisotopic (exact) mass is 292 g/mol. The van der Waals surface area contributed by atoms with Crippen molar-refractivity contribution in [2.75, 3.05) is 6.54 Å². The molecule has 0 bridgehead atoms. The number of likely N-dealkylation sites (tertiary alicyclic amines) is 1. The predicted octanol–water partition coefficient (Wildman–Crippen LogP) is 2.74. The number of hydrogen-bond acceptors (Lipinski definition) is 3. The molecule has 1 saturated heterocycles. The maximum Gasteiger partial charge on any atom is 0.407 e. The van der Waals surface area contributed by atoms with Crippen LogP contribution in [0.3, 0.4) is 0 Å². The Morgan fingerprint density at radius 1 is 1.45 bits per heavy atom. The number of carboxylic acid groups (broad SMARTS) is 1. The van der Waals surface area contributed by atoms with Crippen molar-refractivity contribution >= 4 is 17.7 Å². The number of carbonyl (C=O) groups is 1. The van der Waals surface area contributed by atoms with E-state index in [2.05, 4.69) is 10.3 Å². The molecule has 3 rings (SSSR count). The Kier molecular flexibility index (Phi) is 3.31. The highest BCUT2D eigenvalue weighted by Gasteiger charge is 2.31. The maximum absolute atomic E-state index is 11.2. The minimum absolute atomic E-state index is 0.208. The molecular weight excluding hydrogens is 280 g/mol. The zero-order valence-electron chi connectivity index (χ0n) is 10.6. The molecule has 0 spiro atoms. The van der Waals surface area contributed by atoms with Crippen LogP contribution in [0, 0.1) is 0 Å². The third kappa shape index (κ3) is 2.34. The van der Waals surface area contributed by atoms with E-state index >= 15 is 0 Å². The van der Waals surface area contributed by atoms with E-state index < -0.39 is 6.09 Å². The zero-order chi connectivity index (χ0) is 14.1. The van der Waals surface area contributed by atoms with Gasteiger partial charge in [-0.2, -0.15) is 0 Å². The standard InChI is InChI=1S/C13H13ClN4O2/c14-9-3-1-4-10(7-9)18-8-11(15-16-18)12-5-2-6-17(12)13(19)20/h1,3-4,7-8,12H,2,5-6H2,(H,19,20)/t12-/m1/s1. The second-order valence-electron chi connectivity index (χ2n) is 4.70. The molecule has 1 fully saturated rings. The molecule has 1 aromatic carbocycles. The van der Waals surface area contributed by atoms with Crippen molar-refractivity contribution in [2.45, 2.75) is 18.9 Å². The minimum Gasteiger partial charge on any atom is -0.465 e. The average Bonchev–Trinajstić information content (AvgIpc) is 3.07. The summed E-state index contributed by atoms with van der Waals surface area (Å²) in [4.78, 5) is 12.6. The first-order chi connectivity index (χ1) is 9.65. The Labute approximate surface area is 120 Å². The third-order valence-electron chi connectivity index (χ3n) is 3.42. The molecule has 6 nitrogen and oxygen atoms in total. The van der Waals surface area contributed by atoms with Gasteiger partial charge in [-0.1, -0.05) is 22.9 Å². The summed E-state index contributed by atoms with van der Waals surface area (Å²) in [5, 5.41) is 17.9. The van der Waals surface area contributed by atoms with Crippen LogP contribution in [0.2, 0.25) is 5.02 Å². The van der Waals surface area contributed by atoms with Crippen LogP contribution in [0.15, 0.2) is 30.5 Å². The van der Waals surface area contributed by atoms with Gasteiger partial charge in [0.2, 0.25) is 0 Å². The van der Waals surface area contributed by atoms with Gasteiger partial charge >= 0.3 is 6.09 Å². The number of hydrogen-bond donors (Lipinski definition) is 1. The summed E-state index contributed by atoms with van der Waals surface area (Å²) < 4.78 is 1.61. The molecule has 0 aliphatic carbocycles. The Morgan fingerprint density at radius 3 is 3.05 bits per heavy atom. The van der Waals surface area contributed by atoms with E-state index in [9.17, 15) is 4.79 Å². The summed E-state index contributed by atoms with van der Waals surface area (Å²) in [5.41, 5.74) is 1.47. The molecule has 20 heavy (non-hydrogen) atoms. The lowest BCUT2D eigenvalue weighted by atomic mass is 10.2. The molecule has 104 valence electrons. The lowest BCUT2D eigenvalue weighted by Crippen LogP contribution is -2.28. The molecular formula is C13H13ClN4O2. The van der Waals surface area contributed by atoms with Gasteiger partial charge in [-0.25, -0.2) is 9.48 Å². The smallest absolute Gasteiger partial charge is 0.407 e. The van der Waals surface area contributed by atoms with Gasteiger partial charge in [0.15, 0.2) is 0 Å². The topological polar surface area (TPSA) is 71.2 Å². The van der Waals surface area contributed by atoms with Gasteiger partial charge in [-0.3, -0.25) is 4.90 Å². The number of halogens is 1. The molecule has 1 atom stereocenters. The van der Waals surface area contributed by atoms with Gasteiger partial charge in [0, 0.05) is 11.6 Å². The quantitative estimate of drug-likeness (QED) is 0.924. The average molecular weight is 293 g/mol. The van der Waals surface area contributed by atoms with Crippen molar-refractivity contribution in [1.82, 2.24) is 19.9 Å². The van der Waals surface area contributed by atoms with Gasteiger partial charge in [0.05, 0.1) is 17.9 Å². The van der Waals surface area contributed by atoms with Crippen molar-refractivity contribution in [3.8, 4) is 5.69 Å². The normalized spacial score (nSPS) is 18.4. The van der Waals surface area contributed by atoms with Crippen LogP contribution in [0.5, 0.6) is 0 Å². The highest BCUT2D eigenvalue weighted by atomic mass is 35.5. The fraction of sp³-hybridized carbons (Fsp3) is 0.308. The molecule has 2 aromatic rings. The molecule has 1 aliphatic rings. The molecule has 1 aromatic heterocycles. The minimum atomic E-state index is -0.912. The van der Waals surface area contributed by atoms with E-state index in [4.69, 9.17) is 16.7 Å². The summed E-state index contributed by atoms with van der Waals surface area (Å²) in [6, 6.07) is 7.06. The molecule has 1 N–H and O–H groups in total. The fourth-order valence-electron chi connectivity index (χ4n) is 2.48. The molecule has 0 radical (unpaired) electrons. The highest BCUT2D eigenvalue weighted by Crippen LogP contribution is 2.30. The van der Waals surface area contributed by atoms with Gasteiger partial charge in [-0.15, -0.1) is 5.10 Å². The lowest BCUT2D eigenvalue weighted by molar-refractivity contribution is 0.139. The summed E-state index contributed by atoms with van der Waals surface area (Å²) in [6.07, 6.45) is 2.48. The predicted molar refractivity (Wildman–Crippen MR) is 73.1 cm³/mol. The Morgan fingerprint density at radius 2 is 2.30 bits per heavy atom. The first-order valence-corrected chi connectivity index (χ1v) is 6.71. The van der Waals surface area contributed by atoms with Crippen LogP contribution in [-0.2, 0) is 0 Å². The van der Waals surface area contributed by atoms with Crippen molar-refractivity contribution in [1.29, 1.82) is 0 Å². The maximum atomic E-state index is 11.2. The van der Waals surface area contributed by atoms with Crippen LogP contribution < -0.4 is 0 Å². The van der Waals surface area contributed by atoms with Crippen molar-refractivity contribution in [2.24, 2.45) is 0 Å². The molecule has 1 amide bonds. The molecule has 1 aliphatic heterocycles. The first-order valence-electron chi connectivity index (χ1n) is 6.33. The third-order valence-corrected chi connectivity index (χ3v) is 3.66. The van der Waals surface area contributed by atoms with Crippen LogP contribution >= 0.6 is 11.6 Å². The van der Waals surface area contributed by atoms with Crippen molar-refractivity contribution in [3.05, 3.63) is 41.2 Å². The summed E-state index contributed by atoms with van der Waals surface area (Å²) in [6.45, 7) is 0.546. The van der Waals surface area contributed by atoms with Crippen molar-refractivity contribution in [3.63, 3.8) is 0 Å². The fourth-order valence-corrected chi connectivity index (χ4v) is 2.66. The van der Waals surface area contributed by atoms with Crippen molar-refractivity contribution < 1.29 is 9.90 Å². The van der Waals surface area contributed by atoms with Gasteiger partial charge in [-0.05, 0) is 31.0 Å². The molecule has 0 saturated carbocycles. The number of amides is 1. The second kappa shape index (κ2) is 5.13. The molecule has 7 heteroatoms. The van der Waals surface area contributed by atoms with E-state index in [-0.39, 0.29) is 6.04 Å². The highest BCUT2D eigenvalue weighted by molar-refractivity contribution is 6.30. The largest absolute Gasteiger partial charge is 0.465 e. The summed E-state index contributed by atoms with van der Waals surface area (Å²) in [7, 11) is 0. The zero-order valence-corrected chi connectivity index (χ0v) is 11.4.